The molecule has 1 aromatic rings. The van der Waals surface area contributed by atoms with E-state index in [2.05, 4.69) is 15.9 Å². The topological polar surface area (TPSA) is 40.5 Å². The van der Waals surface area contributed by atoms with E-state index in [0.717, 1.165) is 29.4 Å². The van der Waals surface area contributed by atoms with Crippen molar-refractivity contribution < 1.29 is 9.90 Å². The van der Waals surface area contributed by atoms with Crippen LogP contribution in [0.2, 0.25) is 0 Å². The Morgan fingerprint density at radius 3 is 2.89 bits per heavy atom. The first-order valence-corrected chi connectivity index (χ1v) is 7.21. The number of nitrogens with zero attached hydrogens (tertiary/aromatic N) is 1. The number of carbonyl (C=O) groups excluding carboxylic acids is 1. The number of benzene rings is 1. The lowest BCUT2D eigenvalue weighted by molar-refractivity contribution is -0.132. The number of likely N-dealkylation sites (tertiary alicyclic amines) is 1. The van der Waals surface area contributed by atoms with Crippen molar-refractivity contribution in [2.75, 3.05) is 13.1 Å². The Kier molecular flexibility index (Phi) is 4.42. The van der Waals surface area contributed by atoms with Crippen molar-refractivity contribution in [1.82, 2.24) is 4.90 Å². The van der Waals surface area contributed by atoms with Crippen LogP contribution in [0, 0.1) is 0 Å². The fourth-order valence-corrected chi connectivity index (χ4v) is 2.70. The maximum Gasteiger partial charge on any atom is 0.246 e. The van der Waals surface area contributed by atoms with Crippen LogP contribution < -0.4 is 0 Å². The van der Waals surface area contributed by atoms with E-state index in [0.29, 0.717) is 6.54 Å². The second-order valence-electron chi connectivity index (χ2n) is 5.22. The van der Waals surface area contributed by atoms with Crippen LogP contribution in [0.5, 0.6) is 0 Å². The van der Waals surface area contributed by atoms with Gasteiger partial charge in [-0.3, -0.25) is 4.79 Å². The number of carbonyl (C=O) groups is 1. The first-order valence-electron chi connectivity index (χ1n) is 6.42. The molecule has 0 bridgehead atoms. The van der Waals surface area contributed by atoms with Gasteiger partial charge in [-0.25, -0.2) is 0 Å². The van der Waals surface area contributed by atoms with Gasteiger partial charge in [0.25, 0.3) is 0 Å². The summed E-state index contributed by atoms with van der Waals surface area (Å²) in [5.41, 5.74) is 0.217. The number of piperidine rings is 1. The minimum absolute atomic E-state index is 0.0456. The van der Waals surface area contributed by atoms with Gasteiger partial charge in [0.15, 0.2) is 0 Å². The molecule has 19 heavy (non-hydrogen) atoms. The van der Waals surface area contributed by atoms with Gasteiger partial charge in [-0.2, -0.15) is 0 Å². The van der Waals surface area contributed by atoms with Crippen molar-refractivity contribution in [3.63, 3.8) is 0 Å². The molecule has 0 radical (unpaired) electrons. The molecule has 1 saturated heterocycles. The summed E-state index contributed by atoms with van der Waals surface area (Å²) in [6.45, 7) is 2.91. The molecule has 1 unspecified atom stereocenters. The molecule has 3 nitrogen and oxygen atoms in total. The molecule has 102 valence electrons. The third-order valence-electron chi connectivity index (χ3n) is 3.30. The fraction of sp³-hybridized carbons (Fsp3) is 0.400. The zero-order chi connectivity index (χ0) is 13.9. The number of rotatable bonds is 2. The standard InChI is InChI=1S/C15H18BrNO2/c1-15(19)9-4-10-17(11-15)14(18)8-7-12-5-2-3-6-13(12)16/h2-3,5-8,19H,4,9-11H2,1H3/b8-7+. The quantitative estimate of drug-likeness (QED) is 0.850. The number of halogens is 1. The average molecular weight is 324 g/mol. The predicted molar refractivity (Wildman–Crippen MR) is 79.6 cm³/mol. The Hall–Kier alpha value is -1.13. The van der Waals surface area contributed by atoms with E-state index in [4.69, 9.17) is 0 Å². The third kappa shape index (κ3) is 3.91. The highest BCUT2D eigenvalue weighted by Crippen LogP contribution is 2.21. The minimum atomic E-state index is -0.755. The van der Waals surface area contributed by atoms with Crippen molar-refractivity contribution in [2.24, 2.45) is 0 Å². The molecule has 1 amide bonds. The number of aliphatic hydroxyl groups is 1. The highest BCUT2D eigenvalue weighted by molar-refractivity contribution is 9.10. The molecule has 1 N–H and O–H groups in total. The van der Waals surface area contributed by atoms with Gasteiger partial charge in [-0.05, 0) is 37.5 Å². The molecule has 2 rings (SSSR count). The SMILES string of the molecule is CC1(O)CCCN(C(=O)/C=C/c2ccccc2Br)C1. The van der Waals surface area contributed by atoms with Crippen LogP contribution in [-0.2, 0) is 4.79 Å². The summed E-state index contributed by atoms with van der Waals surface area (Å²) in [5.74, 6) is -0.0456. The van der Waals surface area contributed by atoms with Crippen LogP contribution in [0.3, 0.4) is 0 Å². The van der Waals surface area contributed by atoms with Gasteiger partial charge in [0.2, 0.25) is 5.91 Å². The van der Waals surface area contributed by atoms with Gasteiger partial charge in [0.05, 0.1) is 5.60 Å². The van der Waals surface area contributed by atoms with Crippen molar-refractivity contribution in [3.8, 4) is 0 Å². The summed E-state index contributed by atoms with van der Waals surface area (Å²) in [7, 11) is 0. The van der Waals surface area contributed by atoms with Crippen LogP contribution >= 0.6 is 15.9 Å². The summed E-state index contributed by atoms with van der Waals surface area (Å²) >= 11 is 3.44. The molecule has 1 heterocycles. The van der Waals surface area contributed by atoms with Crippen molar-refractivity contribution in [3.05, 3.63) is 40.4 Å². The second kappa shape index (κ2) is 5.88. The number of hydrogen-bond acceptors (Lipinski definition) is 2. The Morgan fingerprint density at radius 1 is 1.47 bits per heavy atom. The summed E-state index contributed by atoms with van der Waals surface area (Å²) in [5, 5.41) is 10.00. The van der Waals surface area contributed by atoms with Crippen molar-refractivity contribution in [1.29, 1.82) is 0 Å². The van der Waals surface area contributed by atoms with Crippen molar-refractivity contribution >= 4 is 27.9 Å². The molecule has 1 aliphatic heterocycles. The van der Waals surface area contributed by atoms with Gasteiger partial charge in [0.1, 0.15) is 0 Å². The monoisotopic (exact) mass is 323 g/mol. The van der Waals surface area contributed by atoms with Gasteiger partial charge in [-0.15, -0.1) is 0 Å². The van der Waals surface area contributed by atoms with E-state index in [1.165, 1.54) is 0 Å². The summed E-state index contributed by atoms with van der Waals surface area (Å²) in [6, 6.07) is 7.75. The van der Waals surface area contributed by atoms with Crippen LogP contribution in [-0.4, -0.2) is 34.6 Å². The number of amides is 1. The first-order chi connectivity index (χ1) is 8.98. The van der Waals surface area contributed by atoms with E-state index in [1.54, 1.807) is 24.0 Å². The molecule has 1 fully saturated rings. The van der Waals surface area contributed by atoms with E-state index in [9.17, 15) is 9.90 Å². The maximum atomic E-state index is 12.1. The van der Waals surface area contributed by atoms with Crippen LogP contribution in [0.15, 0.2) is 34.8 Å². The van der Waals surface area contributed by atoms with E-state index < -0.39 is 5.60 Å². The molecule has 0 saturated carbocycles. The van der Waals surface area contributed by atoms with Gasteiger partial charge in [-0.1, -0.05) is 34.1 Å². The van der Waals surface area contributed by atoms with E-state index in [1.807, 2.05) is 24.3 Å². The molecule has 4 heteroatoms. The molecular weight excluding hydrogens is 306 g/mol. The molecular formula is C15H18BrNO2. The summed E-state index contributed by atoms with van der Waals surface area (Å²) in [4.78, 5) is 13.8. The Labute approximate surface area is 122 Å². The largest absolute Gasteiger partial charge is 0.388 e. The zero-order valence-electron chi connectivity index (χ0n) is 11.0. The van der Waals surface area contributed by atoms with Crippen LogP contribution in [0.25, 0.3) is 6.08 Å². The number of hydrogen-bond donors (Lipinski definition) is 1. The number of β-amino-alcohol motifs (C(OH)–C–C–N with tert-alkyl or cyclic N) is 1. The van der Waals surface area contributed by atoms with Crippen molar-refractivity contribution in [2.45, 2.75) is 25.4 Å². The molecule has 0 aromatic heterocycles. The van der Waals surface area contributed by atoms with Gasteiger partial charge >= 0.3 is 0 Å². The Bertz CT molecular complexity index is 497. The third-order valence-corrected chi connectivity index (χ3v) is 4.02. The molecule has 1 atom stereocenters. The Morgan fingerprint density at radius 2 is 2.21 bits per heavy atom. The van der Waals surface area contributed by atoms with E-state index >= 15 is 0 Å². The van der Waals surface area contributed by atoms with E-state index in [-0.39, 0.29) is 5.91 Å². The predicted octanol–water partition coefficient (Wildman–Crippen LogP) is 2.84. The lowest BCUT2D eigenvalue weighted by Crippen LogP contribution is -2.48. The zero-order valence-corrected chi connectivity index (χ0v) is 12.6. The fourth-order valence-electron chi connectivity index (χ4n) is 2.28. The molecule has 0 aliphatic carbocycles. The van der Waals surface area contributed by atoms with Crippen LogP contribution in [0.4, 0.5) is 0 Å². The molecule has 1 aliphatic rings. The molecule has 0 spiro atoms. The van der Waals surface area contributed by atoms with Gasteiger partial charge in [0, 0.05) is 23.6 Å². The highest BCUT2D eigenvalue weighted by Gasteiger charge is 2.29. The van der Waals surface area contributed by atoms with Crippen LogP contribution in [0.1, 0.15) is 25.3 Å². The summed E-state index contributed by atoms with van der Waals surface area (Å²) in [6.07, 6.45) is 4.98. The normalized spacial score (nSPS) is 23.8. The minimum Gasteiger partial charge on any atom is -0.388 e. The smallest absolute Gasteiger partial charge is 0.246 e. The van der Waals surface area contributed by atoms with Gasteiger partial charge < -0.3 is 10.0 Å². The second-order valence-corrected chi connectivity index (χ2v) is 6.07. The highest BCUT2D eigenvalue weighted by atomic mass is 79.9. The molecule has 1 aromatic carbocycles. The summed E-state index contributed by atoms with van der Waals surface area (Å²) < 4.78 is 0.963. The lowest BCUT2D eigenvalue weighted by Gasteiger charge is -2.36. The lowest BCUT2D eigenvalue weighted by atomic mass is 9.95. The first kappa shape index (κ1) is 14.3. The Balaban J connectivity index is 2.03. The average Bonchev–Trinajstić information content (AvgIpc) is 2.36. The maximum absolute atomic E-state index is 12.1.